The van der Waals surface area contributed by atoms with Crippen molar-refractivity contribution in [2.75, 3.05) is 0 Å². The van der Waals surface area contributed by atoms with Gasteiger partial charge in [0.2, 0.25) is 0 Å². The van der Waals surface area contributed by atoms with Crippen LogP contribution in [0.4, 0.5) is 4.39 Å². The molecule has 0 bridgehead atoms. The summed E-state index contributed by atoms with van der Waals surface area (Å²) in [6.07, 6.45) is 1.33. The van der Waals surface area contributed by atoms with Crippen LogP contribution in [0.25, 0.3) is 0 Å². The average molecular weight is 280 g/mol. The van der Waals surface area contributed by atoms with Crippen molar-refractivity contribution in [1.29, 1.82) is 0 Å². The molecule has 0 atom stereocenters. The van der Waals surface area contributed by atoms with Crippen molar-refractivity contribution >= 4 is 17.8 Å². The molecule has 0 fully saturated rings. The molecule has 2 aromatic rings. The van der Waals surface area contributed by atoms with Gasteiger partial charge in [-0.25, -0.2) is 9.37 Å². The number of aliphatic imine (C=N–C) groups is 1. The first kappa shape index (κ1) is 13.4. The minimum absolute atomic E-state index is 0.154. The van der Waals surface area contributed by atoms with E-state index in [1.165, 1.54) is 24.4 Å². The zero-order chi connectivity index (χ0) is 13.8. The summed E-state index contributed by atoms with van der Waals surface area (Å²) in [6, 6.07) is 5.80. The molecule has 1 N–H and O–H groups in total. The van der Waals surface area contributed by atoms with Gasteiger partial charge in [0, 0.05) is 23.5 Å². The second-order valence-corrected chi connectivity index (χ2v) is 4.35. The number of rotatable bonds is 3. The monoisotopic (exact) mass is 279 g/mol. The van der Waals surface area contributed by atoms with Gasteiger partial charge < -0.3 is 4.98 Å². The molecule has 2 rings (SSSR count). The van der Waals surface area contributed by atoms with Crippen LogP contribution in [0.2, 0.25) is 5.02 Å². The number of hydrogen-bond acceptors (Lipinski definition) is 3. The lowest BCUT2D eigenvalue weighted by Crippen LogP contribution is -2.10. The maximum Gasteiger partial charge on any atom is 0.251 e. The normalized spacial score (nSPS) is 11.1. The van der Waals surface area contributed by atoms with E-state index in [-0.39, 0.29) is 22.7 Å². The maximum atomic E-state index is 13.5. The number of H-pyrrole nitrogens is 1. The predicted octanol–water partition coefficient (Wildman–Crippen LogP) is 2.49. The Kier molecular flexibility index (Phi) is 4.06. The second-order valence-electron chi connectivity index (χ2n) is 3.94. The molecule has 0 radical (unpaired) electrons. The van der Waals surface area contributed by atoms with Crippen molar-refractivity contribution in [3.63, 3.8) is 0 Å². The van der Waals surface area contributed by atoms with Crippen LogP contribution in [0, 0.1) is 12.7 Å². The third kappa shape index (κ3) is 3.48. The smallest absolute Gasteiger partial charge is 0.251 e. The highest BCUT2D eigenvalue weighted by molar-refractivity contribution is 6.33. The van der Waals surface area contributed by atoms with Gasteiger partial charge in [-0.15, -0.1) is 0 Å². The van der Waals surface area contributed by atoms with Gasteiger partial charge >= 0.3 is 0 Å². The first-order chi connectivity index (χ1) is 9.06. The van der Waals surface area contributed by atoms with Crippen LogP contribution in [-0.2, 0) is 6.54 Å². The molecule has 0 aliphatic carbocycles. The van der Waals surface area contributed by atoms with E-state index >= 15 is 0 Å². The lowest BCUT2D eigenvalue weighted by molar-refractivity contribution is 0.626. The fraction of sp³-hybridized carbons (Fsp3) is 0.154. The minimum Gasteiger partial charge on any atom is -0.309 e. The summed E-state index contributed by atoms with van der Waals surface area (Å²) in [5.74, 6) is -0.0179. The number of halogens is 2. The highest BCUT2D eigenvalue weighted by Crippen LogP contribution is 2.16. The van der Waals surface area contributed by atoms with Crippen LogP contribution >= 0.6 is 11.6 Å². The largest absolute Gasteiger partial charge is 0.309 e. The molecular weight excluding hydrogens is 269 g/mol. The van der Waals surface area contributed by atoms with Gasteiger partial charge in [0.1, 0.15) is 11.6 Å². The number of hydrogen-bond donors (Lipinski definition) is 1. The van der Waals surface area contributed by atoms with E-state index in [0.717, 1.165) is 0 Å². The number of aryl methyl sites for hydroxylation is 1. The molecule has 4 nitrogen and oxygen atoms in total. The van der Waals surface area contributed by atoms with Crippen molar-refractivity contribution in [3.8, 4) is 0 Å². The molecule has 0 spiro atoms. The van der Waals surface area contributed by atoms with Gasteiger partial charge in [0.05, 0.1) is 11.6 Å². The summed E-state index contributed by atoms with van der Waals surface area (Å²) in [7, 11) is 0. The van der Waals surface area contributed by atoms with Gasteiger partial charge in [0.15, 0.2) is 0 Å². The highest BCUT2D eigenvalue weighted by Gasteiger charge is 2.03. The summed E-state index contributed by atoms with van der Waals surface area (Å²) >= 11 is 5.86. The Hall–Kier alpha value is -2.01. The first-order valence-corrected chi connectivity index (χ1v) is 5.95. The molecule has 0 aliphatic rings. The van der Waals surface area contributed by atoms with Crippen LogP contribution < -0.4 is 5.56 Å². The Bertz CT molecular complexity index is 662. The summed E-state index contributed by atoms with van der Waals surface area (Å²) in [4.78, 5) is 21.9. The third-order valence-electron chi connectivity index (χ3n) is 2.38. The van der Waals surface area contributed by atoms with Crippen LogP contribution in [-0.4, -0.2) is 16.2 Å². The summed E-state index contributed by atoms with van der Waals surface area (Å²) < 4.78 is 13.5. The third-order valence-corrected chi connectivity index (χ3v) is 2.71. The second kappa shape index (κ2) is 5.75. The van der Waals surface area contributed by atoms with E-state index in [1.54, 1.807) is 13.0 Å². The number of benzene rings is 1. The van der Waals surface area contributed by atoms with E-state index < -0.39 is 5.82 Å². The SMILES string of the molecule is Cc1cc(=O)[nH]c(CN=Cc2c(F)cccc2Cl)n1. The lowest BCUT2D eigenvalue weighted by Gasteiger charge is -2.00. The standard InChI is InChI=1S/C13H11ClFN3O/c1-8-5-13(19)18-12(17-8)7-16-6-9-10(14)3-2-4-11(9)15/h2-6H,7H2,1H3,(H,17,18,19). The van der Waals surface area contributed by atoms with E-state index in [1.807, 2.05) is 0 Å². The molecule has 19 heavy (non-hydrogen) atoms. The van der Waals surface area contributed by atoms with Gasteiger partial charge in [-0.1, -0.05) is 17.7 Å². The Morgan fingerprint density at radius 3 is 3.00 bits per heavy atom. The lowest BCUT2D eigenvalue weighted by atomic mass is 10.2. The molecule has 0 unspecified atom stereocenters. The van der Waals surface area contributed by atoms with E-state index in [4.69, 9.17) is 11.6 Å². The molecule has 1 aromatic heterocycles. The number of nitrogens with one attached hydrogen (secondary N) is 1. The van der Waals surface area contributed by atoms with E-state index in [0.29, 0.717) is 11.5 Å². The average Bonchev–Trinajstić information content (AvgIpc) is 2.32. The predicted molar refractivity (Wildman–Crippen MR) is 72.3 cm³/mol. The van der Waals surface area contributed by atoms with Crippen LogP contribution in [0.3, 0.4) is 0 Å². The molecule has 1 heterocycles. The Morgan fingerprint density at radius 2 is 2.32 bits per heavy atom. The number of aromatic amines is 1. The molecular formula is C13H11ClFN3O. The van der Waals surface area contributed by atoms with Gasteiger partial charge in [0.25, 0.3) is 5.56 Å². The molecule has 6 heteroatoms. The zero-order valence-corrected chi connectivity index (χ0v) is 10.9. The highest BCUT2D eigenvalue weighted by atomic mass is 35.5. The zero-order valence-electron chi connectivity index (χ0n) is 10.2. The molecule has 98 valence electrons. The summed E-state index contributed by atoms with van der Waals surface area (Å²) in [5, 5.41) is 0.287. The maximum absolute atomic E-state index is 13.5. The fourth-order valence-corrected chi connectivity index (χ4v) is 1.79. The van der Waals surface area contributed by atoms with E-state index in [9.17, 15) is 9.18 Å². The molecule has 0 saturated heterocycles. The first-order valence-electron chi connectivity index (χ1n) is 5.57. The topological polar surface area (TPSA) is 58.1 Å². The van der Waals surface area contributed by atoms with Crippen LogP contribution in [0.5, 0.6) is 0 Å². The quantitative estimate of drug-likeness (QED) is 0.878. The summed E-state index contributed by atoms with van der Waals surface area (Å²) in [5.41, 5.74) is 0.596. The van der Waals surface area contributed by atoms with Gasteiger partial charge in [-0.2, -0.15) is 0 Å². The van der Waals surface area contributed by atoms with Crippen molar-refractivity contribution in [1.82, 2.24) is 9.97 Å². The molecule has 0 saturated carbocycles. The van der Waals surface area contributed by atoms with Gasteiger partial charge in [-0.3, -0.25) is 9.79 Å². The number of nitrogens with zero attached hydrogens (tertiary/aromatic N) is 2. The Morgan fingerprint density at radius 1 is 1.53 bits per heavy atom. The summed E-state index contributed by atoms with van der Waals surface area (Å²) in [6.45, 7) is 1.87. The van der Waals surface area contributed by atoms with Crippen molar-refractivity contribution in [2.45, 2.75) is 13.5 Å². The van der Waals surface area contributed by atoms with Crippen molar-refractivity contribution in [2.24, 2.45) is 4.99 Å². The fourth-order valence-electron chi connectivity index (χ4n) is 1.57. The van der Waals surface area contributed by atoms with E-state index in [2.05, 4.69) is 15.0 Å². The van der Waals surface area contributed by atoms with Crippen molar-refractivity contribution in [3.05, 3.63) is 62.5 Å². The van der Waals surface area contributed by atoms with Crippen LogP contribution in [0.15, 0.2) is 34.1 Å². The molecule has 0 amide bonds. The molecule has 1 aromatic carbocycles. The Balaban J connectivity index is 2.18. The Labute approximate surface area is 114 Å². The minimum atomic E-state index is -0.443. The number of aromatic nitrogens is 2. The molecule has 0 aliphatic heterocycles. The van der Waals surface area contributed by atoms with Crippen molar-refractivity contribution < 1.29 is 4.39 Å². The van der Waals surface area contributed by atoms with Gasteiger partial charge in [-0.05, 0) is 19.1 Å². The van der Waals surface area contributed by atoms with Crippen LogP contribution in [0.1, 0.15) is 17.1 Å².